The van der Waals surface area contributed by atoms with E-state index in [1.165, 1.54) is 11.3 Å². The Kier molecular flexibility index (Phi) is 4.13. The molecule has 0 unspecified atom stereocenters. The summed E-state index contributed by atoms with van der Waals surface area (Å²) in [4.78, 5) is 18.7. The molecule has 2 aromatic carbocycles. The number of para-hydroxylation sites is 1. The summed E-state index contributed by atoms with van der Waals surface area (Å²) < 4.78 is 1.96. The minimum Gasteiger partial charge on any atom is -0.378 e. The van der Waals surface area contributed by atoms with Gasteiger partial charge in [0, 0.05) is 29.8 Å². The Morgan fingerprint density at radius 2 is 1.91 bits per heavy atom. The Morgan fingerprint density at radius 3 is 2.55 bits per heavy atom. The van der Waals surface area contributed by atoms with Crippen LogP contribution < -0.4 is 10.2 Å². The molecular weight excluding hydrogens is 362 g/mol. The van der Waals surface area contributed by atoms with Crippen molar-refractivity contribution in [3.8, 4) is 0 Å². The summed E-state index contributed by atoms with van der Waals surface area (Å²) in [5, 5.41) is 3.46. The fraction of sp³-hybridized carbons (Fsp3) is 0.125. The van der Waals surface area contributed by atoms with Crippen LogP contribution in [0.4, 0.5) is 10.8 Å². The minimum absolute atomic E-state index is 0.152. The van der Waals surface area contributed by atoms with Gasteiger partial charge in [-0.2, -0.15) is 0 Å². The van der Waals surface area contributed by atoms with Crippen LogP contribution in [0.5, 0.6) is 0 Å². The first-order chi connectivity index (χ1) is 10.5. The Bertz CT molecular complexity index is 827. The summed E-state index contributed by atoms with van der Waals surface area (Å²) in [6.45, 7) is 0. The van der Waals surface area contributed by atoms with E-state index in [0.29, 0.717) is 10.7 Å². The molecule has 6 heteroatoms. The topological polar surface area (TPSA) is 45.2 Å². The number of halogens is 1. The van der Waals surface area contributed by atoms with Gasteiger partial charge in [-0.15, -0.1) is 0 Å². The number of anilines is 2. The van der Waals surface area contributed by atoms with Crippen molar-refractivity contribution in [1.82, 2.24) is 4.98 Å². The lowest BCUT2D eigenvalue weighted by Crippen LogP contribution is -2.13. The molecule has 0 bridgehead atoms. The minimum atomic E-state index is -0.152. The van der Waals surface area contributed by atoms with E-state index in [2.05, 4.69) is 26.2 Å². The van der Waals surface area contributed by atoms with Crippen molar-refractivity contribution in [1.29, 1.82) is 0 Å². The van der Waals surface area contributed by atoms with Crippen LogP contribution in [-0.4, -0.2) is 25.0 Å². The van der Waals surface area contributed by atoms with Gasteiger partial charge in [0.25, 0.3) is 5.91 Å². The van der Waals surface area contributed by atoms with Gasteiger partial charge in [0.15, 0.2) is 5.13 Å². The van der Waals surface area contributed by atoms with E-state index in [0.717, 1.165) is 20.4 Å². The largest absolute Gasteiger partial charge is 0.378 e. The molecular formula is C16H14BrN3OS. The van der Waals surface area contributed by atoms with Gasteiger partial charge in [-0.1, -0.05) is 17.4 Å². The number of aromatic nitrogens is 1. The van der Waals surface area contributed by atoms with Gasteiger partial charge >= 0.3 is 0 Å². The Balaban J connectivity index is 1.82. The smallest absolute Gasteiger partial charge is 0.257 e. The summed E-state index contributed by atoms with van der Waals surface area (Å²) >= 11 is 4.93. The average Bonchev–Trinajstić information content (AvgIpc) is 2.91. The lowest BCUT2D eigenvalue weighted by molar-refractivity contribution is 0.102. The molecule has 0 fully saturated rings. The molecule has 112 valence electrons. The summed E-state index contributed by atoms with van der Waals surface area (Å²) in [6, 6.07) is 13.3. The van der Waals surface area contributed by atoms with Gasteiger partial charge < -0.3 is 4.90 Å². The maximum Gasteiger partial charge on any atom is 0.257 e. The van der Waals surface area contributed by atoms with Crippen LogP contribution in [0.3, 0.4) is 0 Å². The SMILES string of the molecule is CN(C)c1ccc(C(=O)Nc2nc3c(Br)cccc3s2)cc1. The van der Waals surface area contributed by atoms with Crippen LogP contribution in [0.1, 0.15) is 10.4 Å². The zero-order valence-corrected chi connectivity index (χ0v) is 14.5. The summed E-state index contributed by atoms with van der Waals surface area (Å²) in [5.74, 6) is -0.152. The van der Waals surface area contributed by atoms with E-state index in [1.807, 2.05) is 61.5 Å². The Hall–Kier alpha value is -1.92. The van der Waals surface area contributed by atoms with Gasteiger partial charge in [0.2, 0.25) is 0 Å². The molecule has 0 saturated carbocycles. The summed E-state index contributed by atoms with van der Waals surface area (Å²) in [7, 11) is 3.93. The van der Waals surface area contributed by atoms with E-state index in [1.54, 1.807) is 0 Å². The molecule has 4 nitrogen and oxygen atoms in total. The molecule has 0 aliphatic rings. The van der Waals surface area contributed by atoms with E-state index in [-0.39, 0.29) is 5.91 Å². The molecule has 1 amide bonds. The monoisotopic (exact) mass is 375 g/mol. The Morgan fingerprint density at radius 1 is 1.18 bits per heavy atom. The quantitative estimate of drug-likeness (QED) is 0.738. The number of hydrogen-bond donors (Lipinski definition) is 1. The van der Waals surface area contributed by atoms with Crippen molar-refractivity contribution in [2.24, 2.45) is 0 Å². The second kappa shape index (κ2) is 6.06. The molecule has 0 aliphatic heterocycles. The molecule has 1 N–H and O–H groups in total. The molecule has 1 heterocycles. The fourth-order valence-corrected chi connectivity index (χ4v) is 3.52. The standard InChI is InChI=1S/C16H14BrN3OS/c1-20(2)11-8-6-10(7-9-11)15(21)19-16-18-14-12(17)4-3-5-13(14)22-16/h3-9H,1-2H3,(H,18,19,21). The first-order valence-electron chi connectivity index (χ1n) is 6.68. The van der Waals surface area contributed by atoms with Crippen LogP contribution in [0, 0.1) is 0 Å². The number of carbonyl (C=O) groups excluding carboxylic acids is 1. The van der Waals surface area contributed by atoms with Crippen molar-refractivity contribution in [2.75, 3.05) is 24.3 Å². The lowest BCUT2D eigenvalue weighted by Gasteiger charge is -2.12. The molecule has 0 aliphatic carbocycles. The number of nitrogens with one attached hydrogen (secondary N) is 1. The third kappa shape index (κ3) is 2.98. The highest BCUT2D eigenvalue weighted by molar-refractivity contribution is 9.10. The summed E-state index contributed by atoms with van der Waals surface area (Å²) in [6.07, 6.45) is 0. The van der Waals surface area contributed by atoms with E-state index in [4.69, 9.17) is 0 Å². The molecule has 0 saturated heterocycles. The van der Waals surface area contributed by atoms with Crippen molar-refractivity contribution >= 4 is 54.2 Å². The number of amides is 1. The predicted octanol–water partition coefficient (Wildman–Crippen LogP) is 4.38. The fourth-order valence-electron chi connectivity index (χ4n) is 2.05. The lowest BCUT2D eigenvalue weighted by atomic mass is 10.2. The normalized spacial score (nSPS) is 10.7. The first kappa shape index (κ1) is 15.0. The van der Waals surface area contributed by atoms with Crippen LogP contribution >= 0.6 is 27.3 Å². The van der Waals surface area contributed by atoms with Crippen molar-refractivity contribution in [3.63, 3.8) is 0 Å². The molecule has 22 heavy (non-hydrogen) atoms. The van der Waals surface area contributed by atoms with E-state index in [9.17, 15) is 4.79 Å². The van der Waals surface area contributed by atoms with E-state index < -0.39 is 0 Å². The van der Waals surface area contributed by atoms with Gasteiger partial charge in [-0.3, -0.25) is 10.1 Å². The second-order valence-electron chi connectivity index (χ2n) is 5.00. The predicted molar refractivity (Wildman–Crippen MR) is 96.0 cm³/mol. The number of nitrogens with zero attached hydrogens (tertiary/aromatic N) is 2. The van der Waals surface area contributed by atoms with Gasteiger partial charge in [-0.05, 0) is 52.3 Å². The number of fused-ring (bicyclic) bond motifs is 1. The number of carbonyl (C=O) groups is 1. The van der Waals surface area contributed by atoms with Crippen molar-refractivity contribution < 1.29 is 4.79 Å². The highest BCUT2D eigenvalue weighted by atomic mass is 79.9. The average molecular weight is 376 g/mol. The summed E-state index contributed by atoms with van der Waals surface area (Å²) in [5.41, 5.74) is 2.54. The molecule has 3 rings (SSSR count). The van der Waals surface area contributed by atoms with Crippen LogP contribution in [0.15, 0.2) is 46.9 Å². The zero-order chi connectivity index (χ0) is 15.7. The number of benzene rings is 2. The van der Waals surface area contributed by atoms with Crippen LogP contribution in [-0.2, 0) is 0 Å². The van der Waals surface area contributed by atoms with Gasteiger partial charge in [0.1, 0.15) is 0 Å². The maximum atomic E-state index is 12.3. The van der Waals surface area contributed by atoms with Gasteiger partial charge in [-0.25, -0.2) is 4.98 Å². The first-order valence-corrected chi connectivity index (χ1v) is 8.29. The Labute approximate surface area is 140 Å². The maximum absolute atomic E-state index is 12.3. The molecule has 0 atom stereocenters. The van der Waals surface area contributed by atoms with Crippen molar-refractivity contribution in [3.05, 3.63) is 52.5 Å². The van der Waals surface area contributed by atoms with Crippen LogP contribution in [0.2, 0.25) is 0 Å². The molecule has 1 aromatic heterocycles. The molecule has 0 spiro atoms. The second-order valence-corrected chi connectivity index (χ2v) is 6.89. The highest BCUT2D eigenvalue weighted by Gasteiger charge is 2.11. The number of rotatable bonds is 3. The van der Waals surface area contributed by atoms with Crippen LogP contribution in [0.25, 0.3) is 10.2 Å². The number of thiazole rings is 1. The zero-order valence-electron chi connectivity index (χ0n) is 12.1. The number of hydrogen-bond acceptors (Lipinski definition) is 4. The molecule has 3 aromatic rings. The third-order valence-corrected chi connectivity index (χ3v) is 4.81. The third-order valence-electron chi connectivity index (χ3n) is 3.24. The molecule has 0 radical (unpaired) electrons. The van der Waals surface area contributed by atoms with E-state index >= 15 is 0 Å². The van der Waals surface area contributed by atoms with Crippen molar-refractivity contribution in [2.45, 2.75) is 0 Å². The van der Waals surface area contributed by atoms with Gasteiger partial charge in [0.05, 0.1) is 10.2 Å². The highest BCUT2D eigenvalue weighted by Crippen LogP contribution is 2.31.